The van der Waals surface area contributed by atoms with Gasteiger partial charge in [0.15, 0.2) is 0 Å². The van der Waals surface area contributed by atoms with Gasteiger partial charge in [-0.05, 0) is 82.5 Å². The van der Waals surface area contributed by atoms with E-state index in [9.17, 15) is 4.79 Å². The molecule has 2 aliphatic rings. The Balaban J connectivity index is 1.40. The van der Waals surface area contributed by atoms with Crippen LogP contribution in [0.4, 0.5) is 0 Å². The number of carbonyl (C=O) groups is 1. The molecule has 1 aromatic rings. The molecule has 1 aliphatic heterocycles. The molecule has 0 amide bonds. The number of aliphatic carboxylic acids is 1. The second kappa shape index (κ2) is 8.11. The zero-order chi connectivity index (χ0) is 16.9. The lowest BCUT2D eigenvalue weighted by Crippen LogP contribution is -2.21. The summed E-state index contributed by atoms with van der Waals surface area (Å²) in [4.78, 5) is 18.1. The van der Waals surface area contributed by atoms with Crippen LogP contribution >= 0.6 is 0 Å². The van der Waals surface area contributed by atoms with Crippen molar-refractivity contribution in [1.29, 1.82) is 0 Å². The maximum Gasteiger partial charge on any atom is 0.306 e. The molecular weight excluding hydrogens is 300 g/mol. The maximum atomic E-state index is 11.0. The molecule has 0 bridgehead atoms. The molecule has 0 radical (unpaired) electrons. The topological polar surface area (TPSA) is 53.4 Å². The Labute approximate surface area is 145 Å². The van der Waals surface area contributed by atoms with Crippen LogP contribution in [-0.4, -0.2) is 34.6 Å². The van der Waals surface area contributed by atoms with E-state index < -0.39 is 5.97 Å². The summed E-state index contributed by atoms with van der Waals surface area (Å²) in [5.41, 5.74) is 2.55. The number of aryl methyl sites for hydroxylation is 1. The fraction of sp³-hybridized carbons (Fsp3) is 0.700. The minimum Gasteiger partial charge on any atom is -0.481 e. The van der Waals surface area contributed by atoms with Crippen molar-refractivity contribution in [3.63, 3.8) is 0 Å². The summed E-state index contributed by atoms with van der Waals surface area (Å²) >= 11 is 0. The van der Waals surface area contributed by atoms with Gasteiger partial charge in [-0.2, -0.15) is 0 Å². The van der Waals surface area contributed by atoms with Crippen molar-refractivity contribution >= 4 is 5.97 Å². The predicted molar refractivity (Wildman–Crippen MR) is 94.9 cm³/mol. The van der Waals surface area contributed by atoms with E-state index in [-0.39, 0.29) is 5.92 Å². The number of carboxylic acid groups (broad SMARTS) is 1. The van der Waals surface area contributed by atoms with Crippen molar-refractivity contribution in [3.8, 4) is 0 Å². The molecule has 3 rings (SSSR count). The van der Waals surface area contributed by atoms with Crippen LogP contribution in [0, 0.1) is 11.8 Å². The van der Waals surface area contributed by atoms with Crippen LogP contribution < -0.4 is 0 Å². The third-order valence-electron chi connectivity index (χ3n) is 5.99. The monoisotopic (exact) mass is 330 g/mol. The summed E-state index contributed by atoms with van der Waals surface area (Å²) in [5, 5.41) is 9.06. The normalized spacial score (nSPS) is 28.1. The predicted octanol–water partition coefficient (Wildman–Crippen LogP) is 4.06. The van der Waals surface area contributed by atoms with Gasteiger partial charge in [0.1, 0.15) is 0 Å². The van der Waals surface area contributed by atoms with Gasteiger partial charge in [0, 0.05) is 17.9 Å². The summed E-state index contributed by atoms with van der Waals surface area (Å²) in [6.45, 7) is 1.19. The lowest BCUT2D eigenvalue weighted by atomic mass is 9.80. The van der Waals surface area contributed by atoms with E-state index in [4.69, 9.17) is 5.11 Å². The molecule has 0 aromatic carbocycles. The Hall–Kier alpha value is -1.42. The van der Waals surface area contributed by atoms with Crippen LogP contribution in [0.1, 0.15) is 68.7 Å². The number of pyridine rings is 1. The molecule has 4 heteroatoms. The van der Waals surface area contributed by atoms with Crippen molar-refractivity contribution in [2.24, 2.45) is 11.8 Å². The number of carboxylic acids is 1. The Morgan fingerprint density at radius 1 is 1.25 bits per heavy atom. The molecule has 4 nitrogen and oxygen atoms in total. The van der Waals surface area contributed by atoms with Crippen molar-refractivity contribution in [3.05, 3.63) is 29.6 Å². The highest BCUT2D eigenvalue weighted by Crippen LogP contribution is 2.32. The van der Waals surface area contributed by atoms with Crippen molar-refractivity contribution in [2.75, 3.05) is 13.6 Å². The average molecular weight is 330 g/mol. The third kappa shape index (κ3) is 4.35. The highest BCUT2D eigenvalue weighted by atomic mass is 16.4. The smallest absolute Gasteiger partial charge is 0.306 e. The van der Waals surface area contributed by atoms with Gasteiger partial charge >= 0.3 is 5.97 Å². The molecule has 1 atom stereocenters. The molecule has 1 aromatic heterocycles. The van der Waals surface area contributed by atoms with Gasteiger partial charge in [-0.15, -0.1) is 0 Å². The Bertz CT molecular complexity index is 535. The van der Waals surface area contributed by atoms with E-state index in [2.05, 4.69) is 35.3 Å². The van der Waals surface area contributed by atoms with Gasteiger partial charge in [-0.25, -0.2) is 0 Å². The SMILES string of the molecule is CN1CCCC1c1ccc(CCC[C@H]2CC[C@H](C(=O)O)CC2)nc1. The van der Waals surface area contributed by atoms with Crippen molar-refractivity contribution in [2.45, 2.75) is 63.8 Å². The first kappa shape index (κ1) is 17.4. The number of hydrogen-bond donors (Lipinski definition) is 1. The van der Waals surface area contributed by atoms with Crippen molar-refractivity contribution < 1.29 is 9.90 Å². The van der Waals surface area contributed by atoms with Gasteiger partial charge < -0.3 is 5.11 Å². The van der Waals surface area contributed by atoms with Crippen LogP contribution in [0.5, 0.6) is 0 Å². The molecule has 1 saturated carbocycles. The highest BCUT2D eigenvalue weighted by molar-refractivity contribution is 5.69. The quantitative estimate of drug-likeness (QED) is 0.854. The number of hydrogen-bond acceptors (Lipinski definition) is 3. The molecule has 1 N–H and O–H groups in total. The first-order valence-corrected chi connectivity index (χ1v) is 9.51. The summed E-state index contributed by atoms with van der Waals surface area (Å²) < 4.78 is 0. The number of likely N-dealkylation sites (tertiary alicyclic amines) is 1. The molecule has 2 heterocycles. The lowest BCUT2D eigenvalue weighted by molar-refractivity contribution is -0.143. The van der Waals surface area contributed by atoms with E-state index in [0.29, 0.717) is 12.0 Å². The molecule has 1 aliphatic carbocycles. The van der Waals surface area contributed by atoms with Gasteiger partial charge in [0.25, 0.3) is 0 Å². The maximum absolute atomic E-state index is 11.0. The van der Waals surface area contributed by atoms with Crippen LogP contribution in [-0.2, 0) is 11.2 Å². The second-order valence-corrected chi connectivity index (χ2v) is 7.67. The summed E-state index contributed by atoms with van der Waals surface area (Å²) in [5.74, 6) is 0.0156. The van der Waals surface area contributed by atoms with E-state index in [0.717, 1.165) is 38.5 Å². The minimum absolute atomic E-state index is 0.0934. The van der Waals surface area contributed by atoms with Gasteiger partial charge in [0.2, 0.25) is 0 Å². The summed E-state index contributed by atoms with van der Waals surface area (Å²) in [6, 6.07) is 5.01. The molecule has 132 valence electrons. The molecule has 1 saturated heterocycles. The second-order valence-electron chi connectivity index (χ2n) is 7.67. The number of nitrogens with zero attached hydrogens (tertiary/aromatic N) is 2. The van der Waals surface area contributed by atoms with E-state index in [1.165, 1.54) is 37.1 Å². The van der Waals surface area contributed by atoms with Crippen LogP contribution in [0.2, 0.25) is 0 Å². The van der Waals surface area contributed by atoms with Crippen LogP contribution in [0.25, 0.3) is 0 Å². The first-order valence-electron chi connectivity index (χ1n) is 9.51. The van der Waals surface area contributed by atoms with Crippen LogP contribution in [0.3, 0.4) is 0 Å². The van der Waals surface area contributed by atoms with E-state index in [1.54, 1.807) is 0 Å². The Kier molecular flexibility index (Phi) is 5.88. The van der Waals surface area contributed by atoms with Gasteiger partial charge in [0.05, 0.1) is 5.92 Å². The van der Waals surface area contributed by atoms with E-state index >= 15 is 0 Å². The van der Waals surface area contributed by atoms with Crippen molar-refractivity contribution in [1.82, 2.24) is 9.88 Å². The fourth-order valence-electron chi connectivity index (χ4n) is 4.38. The molecular formula is C20H30N2O2. The number of aromatic nitrogens is 1. The minimum atomic E-state index is -0.606. The van der Waals surface area contributed by atoms with E-state index in [1.807, 2.05) is 0 Å². The summed E-state index contributed by atoms with van der Waals surface area (Å²) in [7, 11) is 2.20. The van der Waals surface area contributed by atoms with Gasteiger partial charge in [-0.1, -0.05) is 12.5 Å². The largest absolute Gasteiger partial charge is 0.481 e. The Morgan fingerprint density at radius 3 is 2.62 bits per heavy atom. The standard InChI is InChI=1S/C20H30N2O2/c1-22-13-3-6-19(22)17-11-12-18(21-14-17)5-2-4-15-7-9-16(10-8-15)20(23)24/h11-12,14-16,19H,2-10,13H2,1H3,(H,23,24)/t15-,16-,19?. The zero-order valence-corrected chi connectivity index (χ0v) is 14.8. The first-order chi connectivity index (χ1) is 11.6. The van der Waals surface area contributed by atoms with Crippen LogP contribution in [0.15, 0.2) is 18.3 Å². The summed E-state index contributed by atoms with van der Waals surface area (Å²) in [6.07, 6.45) is 11.9. The number of rotatable bonds is 6. The molecule has 1 unspecified atom stereocenters. The fourth-order valence-corrected chi connectivity index (χ4v) is 4.38. The highest BCUT2D eigenvalue weighted by Gasteiger charge is 2.25. The molecule has 2 fully saturated rings. The average Bonchev–Trinajstić information content (AvgIpc) is 3.02. The lowest BCUT2D eigenvalue weighted by Gasteiger charge is -2.25. The molecule has 0 spiro atoms. The Morgan fingerprint density at radius 2 is 2.04 bits per heavy atom. The van der Waals surface area contributed by atoms with Gasteiger partial charge in [-0.3, -0.25) is 14.7 Å². The third-order valence-corrected chi connectivity index (χ3v) is 5.99. The zero-order valence-electron chi connectivity index (χ0n) is 14.8. The molecule has 24 heavy (non-hydrogen) atoms.